The number of carbonyl (C=O) groups is 2. The molecule has 0 aliphatic rings. The van der Waals surface area contributed by atoms with Gasteiger partial charge in [0, 0.05) is 6.61 Å². The van der Waals surface area contributed by atoms with E-state index in [4.69, 9.17) is 14.2 Å². The molecule has 1 atom stereocenters. The van der Waals surface area contributed by atoms with Crippen molar-refractivity contribution in [2.75, 3.05) is 19.8 Å². The van der Waals surface area contributed by atoms with Crippen LogP contribution in [0.4, 0.5) is 0 Å². The van der Waals surface area contributed by atoms with Crippen molar-refractivity contribution in [3.63, 3.8) is 0 Å². The summed E-state index contributed by atoms with van der Waals surface area (Å²) in [6, 6.07) is 0. The first-order valence-electron chi connectivity index (χ1n) is 8.51. The minimum atomic E-state index is -0.813. The van der Waals surface area contributed by atoms with Crippen LogP contribution in [0.3, 0.4) is 0 Å². The summed E-state index contributed by atoms with van der Waals surface area (Å²) in [7, 11) is 0. The first-order valence-corrected chi connectivity index (χ1v) is 8.51. The van der Waals surface area contributed by atoms with Crippen LogP contribution >= 0.6 is 0 Å². The Morgan fingerprint density at radius 2 is 1.45 bits per heavy atom. The fourth-order valence-electron chi connectivity index (χ4n) is 2.15. The van der Waals surface area contributed by atoms with Crippen LogP contribution in [0.1, 0.15) is 66.2 Å². The summed E-state index contributed by atoms with van der Waals surface area (Å²) < 4.78 is 15.6. The summed E-state index contributed by atoms with van der Waals surface area (Å²) in [5.74, 6) is -1.79. The third-order valence-corrected chi connectivity index (χ3v) is 3.40. The minimum absolute atomic E-state index is 0.141. The van der Waals surface area contributed by atoms with Crippen molar-refractivity contribution in [1.29, 1.82) is 0 Å². The van der Waals surface area contributed by atoms with Gasteiger partial charge in [0.1, 0.15) is 0 Å². The Morgan fingerprint density at radius 3 is 1.95 bits per heavy atom. The van der Waals surface area contributed by atoms with E-state index in [9.17, 15) is 9.59 Å². The molecule has 1 unspecified atom stereocenters. The molecule has 0 aliphatic heterocycles. The topological polar surface area (TPSA) is 61.8 Å². The van der Waals surface area contributed by atoms with E-state index in [1.807, 2.05) is 6.92 Å². The highest BCUT2D eigenvalue weighted by Crippen LogP contribution is 2.15. The Balaban J connectivity index is 4.11. The predicted molar refractivity (Wildman–Crippen MR) is 85.5 cm³/mol. The Kier molecular flexibility index (Phi) is 12.9. The van der Waals surface area contributed by atoms with Crippen molar-refractivity contribution in [3.8, 4) is 0 Å². The second-order valence-electron chi connectivity index (χ2n) is 5.38. The minimum Gasteiger partial charge on any atom is -0.465 e. The molecule has 0 saturated heterocycles. The number of hydrogen-bond donors (Lipinski definition) is 0. The van der Waals surface area contributed by atoms with E-state index in [1.54, 1.807) is 13.8 Å². The zero-order valence-corrected chi connectivity index (χ0v) is 14.6. The van der Waals surface area contributed by atoms with Crippen LogP contribution in [0.2, 0.25) is 0 Å². The zero-order chi connectivity index (χ0) is 16.8. The average Bonchev–Trinajstić information content (AvgIpc) is 2.48. The van der Waals surface area contributed by atoms with Crippen LogP contribution in [-0.2, 0) is 23.8 Å². The van der Waals surface area contributed by atoms with Gasteiger partial charge in [0.15, 0.2) is 5.92 Å². The Morgan fingerprint density at radius 1 is 0.864 bits per heavy atom. The fourth-order valence-corrected chi connectivity index (χ4v) is 2.15. The first kappa shape index (κ1) is 20.9. The molecule has 0 radical (unpaired) electrons. The van der Waals surface area contributed by atoms with Gasteiger partial charge in [0.05, 0.1) is 19.3 Å². The third kappa shape index (κ3) is 9.77. The van der Waals surface area contributed by atoms with Crippen LogP contribution < -0.4 is 0 Å². The molecule has 0 rings (SSSR count). The molecule has 0 aromatic carbocycles. The molecule has 0 aromatic heterocycles. The first-order chi connectivity index (χ1) is 10.6. The van der Waals surface area contributed by atoms with Crippen molar-refractivity contribution in [1.82, 2.24) is 0 Å². The summed E-state index contributed by atoms with van der Waals surface area (Å²) in [5, 5.41) is 0. The lowest BCUT2D eigenvalue weighted by Gasteiger charge is -2.16. The SMILES string of the molecule is CCCCCOC(C)CCCC(C(=O)OCC)C(=O)OCC. The van der Waals surface area contributed by atoms with E-state index in [1.165, 1.54) is 12.8 Å². The lowest BCUT2D eigenvalue weighted by atomic mass is 10.0. The number of unbranched alkanes of at least 4 members (excludes halogenated alkanes) is 2. The molecule has 5 nitrogen and oxygen atoms in total. The highest BCUT2D eigenvalue weighted by atomic mass is 16.6. The van der Waals surface area contributed by atoms with Crippen molar-refractivity contribution in [2.45, 2.75) is 72.3 Å². The van der Waals surface area contributed by atoms with E-state index < -0.39 is 17.9 Å². The van der Waals surface area contributed by atoms with Crippen molar-refractivity contribution in [2.24, 2.45) is 5.92 Å². The molecule has 0 N–H and O–H groups in total. The molecule has 5 heteroatoms. The van der Waals surface area contributed by atoms with E-state index in [0.29, 0.717) is 6.42 Å². The summed E-state index contributed by atoms with van der Waals surface area (Å²) in [6.07, 6.45) is 5.58. The Hall–Kier alpha value is -1.10. The van der Waals surface area contributed by atoms with Crippen LogP contribution in [0.5, 0.6) is 0 Å². The van der Waals surface area contributed by atoms with Crippen molar-refractivity contribution >= 4 is 11.9 Å². The lowest BCUT2D eigenvalue weighted by Crippen LogP contribution is -2.28. The van der Waals surface area contributed by atoms with Crippen LogP contribution in [0, 0.1) is 5.92 Å². The lowest BCUT2D eigenvalue weighted by molar-refractivity contribution is -0.162. The van der Waals surface area contributed by atoms with Crippen molar-refractivity contribution < 1.29 is 23.8 Å². The normalized spacial score (nSPS) is 12.2. The van der Waals surface area contributed by atoms with Gasteiger partial charge in [-0.25, -0.2) is 0 Å². The van der Waals surface area contributed by atoms with Crippen molar-refractivity contribution in [3.05, 3.63) is 0 Å². The van der Waals surface area contributed by atoms with Gasteiger partial charge in [-0.05, 0) is 46.5 Å². The monoisotopic (exact) mass is 316 g/mol. The Labute approximate surface area is 134 Å². The maximum Gasteiger partial charge on any atom is 0.320 e. The van der Waals surface area contributed by atoms with Gasteiger partial charge in [0.2, 0.25) is 0 Å². The standard InChI is InChI=1S/C17H32O5/c1-5-8-9-13-22-14(4)11-10-12-15(16(18)20-6-2)17(19)21-7-3/h14-15H,5-13H2,1-4H3. The summed E-state index contributed by atoms with van der Waals surface area (Å²) >= 11 is 0. The number of hydrogen-bond acceptors (Lipinski definition) is 5. The predicted octanol–water partition coefficient (Wildman–Crippen LogP) is 3.49. The molecular weight excluding hydrogens is 284 g/mol. The largest absolute Gasteiger partial charge is 0.465 e. The van der Waals surface area contributed by atoms with Gasteiger partial charge in [-0.15, -0.1) is 0 Å². The van der Waals surface area contributed by atoms with Crippen LogP contribution in [0.15, 0.2) is 0 Å². The van der Waals surface area contributed by atoms with E-state index in [0.717, 1.165) is 25.9 Å². The maximum absolute atomic E-state index is 11.8. The molecule has 130 valence electrons. The summed E-state index contributed by atoms with van der Waals surface area (Å²) in [4.78, 5) is 23.6. The molecule has 0 fully saturated rings. The molecule has 0 heterocycles. The average molecular weight is 316 g/mol. The molecule has 0 spiro atoms. The van der Waals surface area contributed by atoms with Gasteiger partial charge in [-0.1, -0.05) is 19.8 Å². The second kappa shape index (κ2) is 13.6. The van der Waals surface area contributed by atoms with Gasteiger partial charge in [-0.3, -0.25) is 9.59 Å². The van der Waals surface area contributed by atoms with Gasteiger partial charge in [0.25, 0.3) is 0 Å². The number of rotatable bonds is 13. The molecule has 0 aromatic rings. The molecule has 0 amide bonds. The third-order valence-electron chi connectivity index (χ3n) is 3.40. The van der Waals surface area contributed by atoms with Gasteiger partial charge in [-0.2, -0.15) is 0 Å². The fraction of sp³-hybridized carbons (Fsp3) is 0.882. The number of esters is 2. The van der Waals surface area contributed by atoms with E-state index in [-0.39, 0.29) is 19.3 Å². The van der Waals surface area contributed by atoms with Gasteiger partial charge < -0.3 is 14.2 Å². The molecule has 0 bridgehead atoms. The Bertz CT molecular complexity index is 285. The van der Waals surface area contributed by atoms with Crippen LogP contribution in [0.25, 0.3) is 0 Å². The molecular formula is C17H32O5. The van der Waals surface area contributed by atoms with E-state index >= 15 is 0 Å². The summed E-state index contributed by atoms with van der Waals surface area (Å²) in [6.45, 7) is 8.95. The smallest absolute Gasteiger partial charge is 0.320 e. The zero-order valence-electron chi connectivity index (χ0n) is 14.6. The molecule has 0 saturated carbocycles. The molecule has 22 heavy (non-hydrogen) atoms. The maximum atomic E-state index is 11.8. The van der Waals surface area contributed by atoms with Crippen LogP contribution in [-0.4, -0.2) is 37.9 Å². The van der Waals surface area contributed by atoms with Gasteiger partial charge >= 0.3 is 11.9 Å². The highest BCUT2D eigenvalue weighted by Gasteiger charge is 2.29. The quantitative estimate of drug-likeness (QED) is 0.296. The number of carbonyl (C=O) groups excluding carboxylic acids is 2. The van der Waals surface area contributed by atoms with E-state index in [2.05, 4.69) is 6.92 Å². The molecule has 0 aliphatic carbocycles. The number of ether oxygens (including phenoxy) is 3. The second-order valence-corrected chi connectivity index (χ2v) is 5.38. The summed E-state index contributed by atoms with van der Waals surface area (Å²) in [5.41, 5.74) is 0. The highest BCUT2D eigenvalue weighted by molar-refractivity contribution is 5.94.